The Kier molecular flexibility index (Phi) is 10.5. The van der Waals surface area contributed by atoms with Gasteiger partial charge in [0.15, 0.2) is 0 Å². The molecule has 26 heavy (non-hydrogen) atoms. The van der Waals surface area contributed by atoms with Gasteiger partial charge in [-0.25, -0.2) is 0 Å². The molecule has 1 saturated heterocycles. The molecule has 2 aliphatic rings. The molecule has 4 N–H and O–H groups in total. The fourth-order valence-corrected chi connectivity index (χ4v) is 3.60. The maximum Gasteiger partial charge on any atom is 0.101 e. The number of nitrogens with zero attached hydrogens (tertiary/aromatic N) is 3. The minimum Gasteiger partial charge on any atom is -0.658 e. The molecule has 1 aromatic heterocycles. The van der Waals surface area contributed by atoms with E-state index in [0.29, 0.717) is 19.6 Å². The van der Waals surface area contributed by atoms with Crippen molar-refractivity contribution in [2.75, 3.05) is 26.2 Å². The molecule has 1 fully saturated rings. The molecule has 0 atom stereocenters. The van der Waals surface area contributed by atoms with Crippen LogP contribution in [0.15, 0.2) is 29.0 Å². The van der Waals surface area contributed by atoms with Crippen LogP contribution >= 0.6 is 11.3 Å². The molecule has 0 spiro atoms. The van der Waals surface area contributed by atoms with Gasteiger partial charge in [-0.15, -0.1) is 24.4 Å². The Bertz CT molecular complexity index is 709. The Balaban J connectivity index is 0.000000290. The topological polar surface area (TPSA) is 111 Å². The Hall–Kier alpha value is -0.876. The van der Waals surface area contributed by atoms with E-state index in [4.69, 9.17) is 11.1 Å². The smallest absolute Gasteiger partial charge is 0.101 e. The van der Waals surface area contributed by atoms with E-state index in [9.17, 15) is 10.5 Å². The van der Waals surface area contributed by atoms with Crippen molar-refractivity contribution in [2.24, 2.45) is 5.73 Å². The SMILES string of the molecule is Cc1ccc(C(C#N)=C2CCN(O)CC2)s1.N=CC1=C(N)CC[N-]C1.[Y]. The van der Waals surface area contributed by atoms with Gasteiger partial charge in [0.05, 0.1) is 5.57 Å². The average molecular weight is 447 g/mol. The molecule has 0 saturated carbocycles. The van der Waals surface area contributed by atoms with Crippen molar-refractivity contribution in [3.05, 3.63) is 44.0 Å². The number of hydroxylamine groups is 2. The van der Waals surface area contributed by atoms with Crippen molar-refractivity contribution in [1.29, 1.82) is 10.7 Å². The molecular formula is C18H24N5OSY-. The number of hydrogen-bond acceptors (Lipinski definition) is 6. The van der Waals surface area contributed by atoms with E-state index in [1.165, 1.54) is 21.7 Å². The van der Waals surface area contributed by atoms with E-state index >= 15 is 0 Å². The van der Waals surface area contributed by atoms with Crippen LogP contribution in [0.2, 0.25) is 0 Å². The molecule has 0 amide bonds. The van der Waals surface area contributed by atoms with Crippen LogP contribution in [0.25, 0.3) is 10.9 Å². The Morgan fingerprint density at radius 3 is 2.54 bits per heavy atom. The van der Waals surface area contributed by atoms with Crippen molar-refractivity contribution in [1.82, 2.24) is 5.06 Å². The zero-order chi connectivity index (χ0) is 18.2. The third-order valence-corrected chi connectivity index (χ3v) is 5.22. The minimum absolute atomic E-state index is 0. The van der Waals surface area contributed by atoms with E-state index in [1.54, 1.807) is 11.3 Å². The first-order chi connectivity index (χ1) is 12.0. The molecule has 8 heteroatoms. The van der Waals surface area contributed by atoms with Gasteiger partial charge in [-0.05, 0) is 49.5 Å². The van der Waals surface area contributed by atoms with E-state index in [-0.39, 0.29) is 32.7 Å². The molecule has 2 aliphatic heterocycles. The van der Waals surface area contributed by atoms with Crippen LogP contribution in [-0.2, 0) is 32.7 Å². The van der Waals surface area contributed by atoms with E-state index in [1.807, 2.05) is 19.1 Å². The van der Waals surface area contributed by atoms with Crippen molar-refractivity contribution in [2.45, 2.75) is 26.2 Å². The van der Waals surface area contributed by atoms with Crippen LogP contribution in [0.3, 0.4) is 0 Å². The van der Waals surface area contributed by atoms with Crippen molar-refractivity contribution >= 4 is 23.1 Å². The van der Waals surface area contributed by atoms with Crippen LogP contribution in [0.1, 0.15) is 29.0 Å². The molecule has 3 rings (SSSR count). The fourth-order valence-electron chi connectivity index (χ4n) is 2.69. The van der Waals surface area contributed by atoms with Gasteiger partial charge in [0.2, 0.25) is 0 Å². The second-order valence-corrected chi connectivity index (χ2v) is 7.29. The van der Waals surface area contributed by atoms with Gasteiger partial charge in [0, 0.05) is 67.5 Å². The molecule has 3 heterocycles. The first-order valence-corrected chi connectivity index (χ1v) is 9.10. The maximum absolute atomic E-state index is 9.29. The van der Waals surface area contributed by atoms with Crippen LogP contribution in [0, 0.1) is 23.7 Å². The Morgan fingerprint density at radius 1 is 1.38 bits per heavy atom. The summed E-state index contributed by atoms with van der Waals surface area (Å²) in [4.78, 5) is 2.28. The average Bonchev–Trinajstić information content (AvgIpc) is 3.04. The van der Waals surface area contributed by atoms with Crippen molar-refractivity contribution < 1.29 is 37.9 Å². The molecule has 1 aromatic rings. The third-order valence-electron chi connectivity index (χ3n) is 4.20. The number of thiophene rings is 1. The summed E-state index contributed by atoms with van der Waals surface area (Å²) in [6, 6.07) is 6.36. The predicted molar refractivity (Wildman–Crippen MR) is 102 cm³/mol. The molecule has 0 bridgehead atoms. The first-order valence-electron chi connectivity index (χ1n) is 8.29. The summed E-state index contributed by atoms with van der Waals surface area (Å²) in [6.45, 7) is 4.76. The third kappa shape index (κ3) is 6.69. The molecule has 0 unspecified atom stereocenters. The van der Waals surface area contributed by atoms with Gasteiger partial charge in [-0.2, -0.15) is 10.3 Å². The van der Waals surface area contributed by atoms with Gasteiger partial charge in [-0.1, -0.05) is 0 Å². The van der Waals surface area contributed by atoms with Gasteiger partial charge < -0.3 is 21.7 Å². The molecule has 0 aromatic carbocycles. The summed E-state index contributed by atoms with van der Waals surface area (Å²) >= 11 is 1.66. The predicted octanol–water partition coefficient (Wildman–Crippen LogP) is 3.44. The van der Waals surface area contributed by atoms with Crippen molar-refractivity contribution in [3.63, 3.8) is 0 Å². The number of allylic oxidation sites excluding steroid dienone is 1. The molecule has 6 nitrogen and oxygen atoms in total. The standard InChI is InChI=1S/C12H14N2OS.C6H10N3.Y/c1-9-2-3-12(16-9)11(8-13)10-4-6-14(15)7-5-10;7-3-5-4-9-2-1-6(5)8;/h2-3,15H,4-7H2,1H3;3,7H,1-2,4,8H2;/q;-1;. The monoisotopic (exact) mass is 447 g/mol. The number of nitrogens with one attached hydrogen (secondary N) is 1. The number of rotatable bonds is 2. The summed E-state index contributed by atoms with van der Waals surface area (Å²) in [7, 11) is 0. The fraction of sp³-hybridized carbons (Fsp3) is 0.444. The molecule has 0 aliphatic carbocycles. The van der Waals surface area contributed by atoms with Crippen LogP contribution in [-0.4, -0.2) is 42.7 Å². The van der Waals surface area contributed by atoms with Gasteiger partial charge >= 0.3 is 0 Å². The van der Waals surface area contributed by atoms with E-state index in [0.717, 1.165) is 47.5 Å². The summed E-state index contributed by atoms with van der Waals surface area (Å²) in [5, 5.41) is 30.8. The number of aryl methyl sites for hydroxylation is 1. The van der Waals surface area contributed by atoms with Gasteiger partial charge in [0.25, 0.3) is 0 Å². The molecule has 137 valence electrons. The first kappa shape index (κ1) is 23.2. The largest absolute Gasteiger partial charge is 0.658 e. The normalized spacial score (nSPS) is 17.5. The van der Waals surface area contributed by atoms with E-state index < -0.39 is 0 Å². The summed E-state index contributed by atoms with van der Waals surface area (Å²) in [5.41, 5.74) is 9.25. The quantitative estimate of drug-likeness (QED) is 0.476. The summed E-state index contributed by atoms with van der Waals surface area (Å²) in [5.74, 6) is 0. The number of nitriles is 1. The van der Waals surface area contributed by atoms with Crippen LogP contribution < -0.4 is 5.73 Å². The zero-order valence-electron chi connectivity index (χ0n) is 15.0. The Morgan fingerprint density at radius 2 is 2.08 bits per heavy atom. The Labute approximate surface area is 184 Å². The number of piperidine rings is 1. The van der Waals surface area contributed by atoms with Gasteiger partial charge in [-0.3, -0.25) is 0 Å². The van der Waals surface area contributed by atoms with Gasteiger partial charge in [0.1, 0.15) is 6.07 Å². The summed E-state index contributed by atoms with van der Waals surface area (Å²) in [6.07, 6.45) is 3.69. The summed E-state index contributed by atoms with van der Waals surface area (Å²) < 4.78 is 0. The van der Waals surface area contributed by atoms with Crippen LogP contribution in [0.5, 0.6) is 0 Å². The number of hydrogen-bond donors (Lipinski definition) is 3. The second-order valence-electron chi connectivity index (χ2n) is 6.00. The second kappa shape index (κ2) is 11.8. The van der Waals surface area contributed by atoms with Crippen molar-refractivity contribution in [3.8, 4) is 6.07 Å². The molecular weight excluding hydrogens is 423 g/mol. The van der Waals surface area contributed by atoms with Crippen LogP contribution in [0.4, 0.5) is 0 Å². The number of nitrogens with two attached hydrogens (primary N) is 1. The molecule has 1 radical (unpaired) electrons. The minimum atomic E-state index is 0. The maximum atomic E-state index is 9.29. The van der Waals surface area contributed by atoms with E-state index in [2.05, 4.69) is 11.4 Å². The zero-order valence-corrected chi connectivity index (χ0v) is 18.7.